The third kappa shape index (κ3) is 5.21. The summed E-state index contributed by atoms with van der Waals surface area (Å²) in [5.74, 6) is 0.110. The second kappa shape index (κ2) is 9.04. The van der Waals surface area contributed by atoms with Crippen LogP contribution >= 0.6 is 10.7 Å². The van der Waals surface area contributed by atoms with Crippen molar-refractivity contribution in [3.63, 3.8) is 0 Å². The van der Waals surface area contributed by atoms with Crippen LogP contribution in [0.5, 0.6) is 0 Å². The minimum atomic E-state index is -4.04. The van der Waals surface area contributed by atoms with Gasteiger partial charge >= 0.3 is 0 Å². The summed E-state index contributed by atoms with van der Waals surface area (Å²) < 4.78 is 24.5. The first-order valence-electron chi connectivity index (χ1n) is 9.20. The predicted molar refractivity (Wildman–Crippen MR) is 112 cm³/mol. The number of hydrogen-bond donors (Lipinski definition) is 1. The van der Waals surface area contributed by atoms with Crippen LogP contribution < -0.4 is 5.32 Å². The molecule has 0 aliphatic heterocycles. The molecule has 2 rings (SSSR count). The molecule has 0 aliphatic carbocycles. The molecule has 0 heterocycles. The van der Waals surface area contributed by atoms with E-state index in [-0.39, 0.29) is 22.5 Å². The number of nitrogens with one attached hydrogen (secondary N) is 1. The maximum absolute atomic E-state index is 13.0. The summed E-state index contributed by atoms with van der Waals surface area (Å²) in [7, 11) is 1.68. The van der Waals surface area contributed by atoms with Crippen LogP contribution in [0.2, 0.25) is 0 Å². The Morgan fingerprint density at radius 1 is 1.11 bits per heavy atom. The third-order valence-electron chi connectivity index (χ3n) is 4.63. The lowest BCUT2D eigenvalue weighted by atomic mass is 10.0. The molecule has 0 bridgehead atoms. The van der Waals surface area contributed by atoms with Gasteiger partial charge in [0.1, 0.15) is 4.90 Å². The van der Waals surface area contributed by atoms with Crippen molar-refractivity contribution in [2.45, 2.75) is 45.1 Å². The lowest BCUT2D eigenvalue weighted by Gasteiger charge is -2.30. The molecule has 1 unspecified atom stereocenters. The van der Waals surface area contributed by atoms with Gasteiger partial charge in [-0.25, -0.2) is 8.42 Å². The first-order chi connectivity index (χ1) is 12.7. The van der Waals surface area contributed by atoms with Gasteiger partial charge in [-0.1, -0.05) is 58.0 Å². The van der Waals surface area contributed by atoms with Gasteiger partial charge in [-0.15, -0.1) is 0 Å². The molecule has 2 aromatic rings. The average Bonchev–Trinajstić information content (AvgIpc) is 2.60. The Bertz CT molecular complexity index is 909. The van der Waals surface area contributed by atoms with E-state index in [0.717, 1.165) is 18.5 Å². The number of amides is 1. The van der Waals surface area contributed by atoms with Gasteiger partial charge in [0.2, 0.25) is 5.91 Å². The Kier molecular flexibility index (Phi) is 7.25. The summed E-state index contributed by atoms with van der Waals surface area (Å²) >= 11 is 0. The Balaban J connectivity index is 2.48. The molecule has 7 heteroatoms. The number of carbonyl (C=O) groups is 1. The Labute approximate surface area is 166 Å². The van der Waals surface area contributed by atoms with Crippen molar-refractivity contribution < 1.29 is 13.2 Å². The molecule has 2 aromatic carbocycles. The summed E-state index contributed by atoms with van der Waals surface area (Å²) in [4.78, 5) is 15.0. The standard InChI is InChI=1S/C20H27ClN2O3S/c1-5-23(6-2)18(13-14(3)4)20(24)22-17-12-11-15-9-7-8-10-16(15)19(17)27(21,25)26/h7-12,14,18H,5-6,13H2,1-4H3,(H,22,24). The molecule has 0 aliphatic rings. The molecule has 148 valence electrons. The normalized spacial score (nSPS) is 13.3. The smallest absolute Gasteiger partial charge is 0.263 e. The maximum atomic E-state index is 13.0. The van der Waals surface area contributed by atoms with E-state index in [1.807, 2.05) is 26.0 Å². The van der Waals surface area contributed by atoms with Gasteiger partial charge in [0.15, 0.2) is 0 Å². The van der Waals surface area contributed by atoms with E-state index in [1.165, 1.54) is 0 Å². The van der Waals surface area contributed by atoms with E-state index in [9.17, 15) is 13.2 Å². The fourth-order valence-electron chi connectivity index (χ4n) is 3.35. The number of halogens is 1. The molecule has 5 nitrogen and oxygen atoms in total. The number of anilines is 1. The Morgan fingerprint density at radius 3 is 2.30 bits per heavy atom. The molecule has 0 aromatic heterocycles. The van der Waals surface area contributed by atoms with Gasteiger partial charge in [0.25, 0.3) is 9.05 Å². The summed E-state index contributed by atoms with van der Waals surface area (Å²) in [6.07, 6.45) is 0.685. The van der Waals surface area contributed by atoms with Gasteiger partial charge in [-0.05, 0) is 36.9 Å². The molecule has 1 amide bonds. The number of rotatable bonds is 8. The molecule has 1 atom stereocenters. The summed E-state index contributed by atoms with van der Waals surface area (Å²) in [5.41, 5.74) is 0.217. The molecular weight excluding hydrogens is 384 g/mol. The van der Waals surface area contributed by atoms with Crippen molar-refractivity contribution in [3.8, 4) is 0 Å². The maximum Gasteiger partial charge on any atom is 0.263 e. The van der Waals surface area contributed by atoms with Crippen LogP contribution in [0.3, 0.4) is 0 Å². The largest absolute Gasteiger partial charge is 0.323 e. The van der Waals surface area contributed by atoms with E-state index in [0.29, 0.717) is 17.7 Å². The monoisotopic (exact) mass is 410 g/mol. The van der Waals surface area contributed by atoms with Crippen molar-refractivity contribution in [2.24, 2.45) is 5.92 Å². The van der Waals surface area contributed by atoms with Gasteiger partial charge in [0.05, 0.1) is 11.7 Å². The van der Waals surface area contributed by atoms with Crippen LogP contribution in [-0.2, 0) is 13.8 Å². The molecule has 0 radical (unpaired) electrons. The number of hydrogen-bond acceptors (Lipinski definition) is 4. The van der Waals surface area contributed by atoms with Crippen LogP contribution in [0.4, 0.5) is 5.69 Å². The Hall–Kier alpha value is -1.63. The summed E-state index contributed by atoms with van der Waals surface area (Å²) in [5, 5.41) is 4.06. The van der Waals surface area contributed by atoms with E-state index in [4.69, 9.17) is 10.7 Å². The van der Waals surface area contributed by atoms with E-state index >= 15 is 0 Å². The highest BCUT2D eigenvalue weighted by molar-refractivity contribution is 8.14. The number of carbonyl (C=O) groups excluding carboxylic acids is 1. The molecule has 0 saturated heterocycles. The molecule has 0 fully saturated rings. The molecule has 0 saturated carbocycles. The van der Waals surface area contributed by atoms with Crippen LogP contribution in [-0.4, -0.2) is 38.4 Å². The van der Waals surface area contributed by atoms with Crippen LogP contribution in [0.25, 0.3) is 10.8 Å². The lowest BCUT2D eigenvalue weighted by molar-refractivity contribution is -0.121. The number of benzene rings is 2. The highest BCUT2D eigenvalue weighted by Crippen LogP contribution is 2.33. The molecule has 1 N–H and O–H groups in total. The third-order valence-corrected chi connectivity index (χ3v) is 6.02. The van der Waals surface area contributed by atoms with Gasteiger partial charge in [-0.2, -0.15) is 0 Å². The zero-order chi connectivity index (χ0) is 20.2. The molecule has 0 spiro atoms. The fourth-order valence-corrected chi connectivity index (χ4v) is 4.68. The molecule has 27 heavy (non-hydrogen) atoms. The quantitative estimate of drug-likeness (QED) is 0.652. The minimum Gasteiger partial charge on any atom is -0.323 e. The number of likely N-dealkylation sites (N-methyl/N-ethyl adjacent to an activating group) is 1. The minimum absolute atomic E-state index is 0.0570. The summed E-state index contributed by atoms with van der Waals surface area (Å²) in [6, 6.07) is 10.1. The average molecular weight is 411 g/mol. The topological polar surface area (TPSA) is 66.5 Å². The van der Waals surface area contributed by atoms with Gasteiger partial charge < -0.3 is 5.32 Å². The van der Waals surface area contributed by atoms with Crippen molar-refractivity contribution >= 4 is 42.1 Å². The first kappa shape index (κ1) is 21.7. The van der Waals surface area contributed by atoms with Gasteiger partial charge in [-0.3, -0.25) is 9.69 Å². The van der Waals surface area contributed by atoms with E-state index in [2.05, 4.69) is 24.1 Å². The van der Waals surface area contributed by atoms with Crippen molar-refractivity contribution in [1.82, 2.24) is 4.90 Å². The zero-order valence-corrected chi connectivity index (χ0v) is 17.8. The van der Waals surface area contributed by atoms with Crippen molar-refractivity contribution in [1.29, 1.82) is 0 Å². The van der Waals surface area contributed by atoms with E-state index < -0.39 is 9.05 Å². The number of nitrogens with zero attached hydrogens (tertiary/aromatic N) is 1. The van der Waals surface area contributed by atoms with Crippen LogP contribution in [0, 0.1) is 5.92 Å². The predicted octanol–water partition coefficient (Wildman–Crippen LogP) is 4.46. The fraction of sp³-hybridized carbons (Fsp3) is 0.450. The number of fused-ring (bicyclic) bond motifs is 1. The van der Waals surface area contributed by atoms with Crippen LogP contribution in [0.15, 0.2) is 41.3 Å². The zero-order valence-electron chi connectivity index (χ0n) is 16.2. The highest BCUT2D eigenvalue weighted by Gasteiger charge is 2.27. The summed E-state index contributed by atoms with van der Waals surface area (Å²) in [6.45, 7) is 9.62. The Morgan fingerprint density at radius 2 is 1.74 bits per heavy atom. The highest BCUT2D eigenvalue weighted by atomic mass is 35.7. The SMILES string of the molecule is CCN(CC)C(CC(C)C)C(=O)Nc1ccc2ccccc2c1S(=O)(=O)Cl. The second-order valence-corrected chi connectivity index (χ2v) is 9.46. The first-order valence-corrected chi connectivity index (χ1v) is 11.5. The van der Waals surface area contributed by atoms with Crippen molar-refractivity contribution in [2.75, 3.05) is 18.4 Å². The van der Waals surface area contributed by atoms with Gasteiger partial charge in [0, 0.05) is 16.1 Å². The van der Waals surface area contributed by atoms with Crippen LogP contribution in [0.1, 0.15) is 34.1 Å². The van der Waals surface area contributed by atoms with E-state index in [1.54, 1.807) is 24.3 Å². The lowest BCUT2D eigenvalue weighted by Crippen LogP contribution is -2.44. The second-order valence-electron chi connectivity index (χ2n) is 6.96. The van der Waals surface area contributed by atoms with Crippen molar-refractivity contribution in [3.05, 3.63) is 36.4 Å². The molecular formula is C20H27ClN2O3S.